The summed E-state index contributed by atoms with van der Waals surface area (Å²) in [6, 6.07) is 0. The zero-order chi connectivity index (χ0) is 4.28. The molecule has 0 aromatic rings. The predicted octanol–water partition coefficient (Wildman–Crippen LogP) is -2.53. The van der Waals surface area contributed by atoms with Crippen LogP contribution in [0.1, 0.15) is 0 Å². The Labute approximate surface area is 64.3 Å². The van der Waals surface area contributed by atoms with Crippen LogP contribution in [0, 0.1) is 0 Å². The van der Waals surface area contributed by atoms with Crippen molar-refractivity contribution in [3.05, 3.63) is 0 Å². The normalized spacial score (nSPS) is 8.17. The Morgan fingerprint density at radius 3 is 2.00 bits per heavy atom. The van der Waals surface area contributed by atoms with Crippen molar-refractivity contribution in [3.8, 4) is 0 Å². The molecular weight excluding hydrogens is 268 g/mol. The molecule has 2 nitrogen and oxygen atoms in total. The van der Waals surface area contributed by atoms with Gasteiger partial charge in [-0.25, -0.2) is 0 Å². The number of carboxylic acid groups (broad SMARTS) is 1. The molecule has 0 bridgehead atoms. The molecule has 0 amide bonds. The fourth-order valence-electron chi connectivity index (χ4n) is 0. The van der Waals surface area contributed by atoms with Crippen molar-refractivity contribution >= 4 is 55.0 Å². The smallest absolute Gasteiger partial charge is 0.187 e. The summed E-state index contributed by atoms with van der Waals surface area (Å²) in [5.41, 5.74) is 0. The summed E-state index contributed by atoms with van der Waals surface area (Å²) in [6.45, 7) is 0. The Morgan fingerprint density at radius 1 is 1.83 bits per heavy atom. The van der Waals surface area contributed by atoms with Gasteiger partial charge >= 0.3 is 47.5 Å². The summed E-state index contributed by atoms with van der Waals surface area (Å²) in [5, 5.41) is 7.81. The Balaban J connectivity index is 0. The van der Waals surface area contributed by atoms with Crippen molar-refractivity contribution < 1.29 is 9.90 Å². The van der Waals surface area contributed by atoms with E-state index in [2.05, 4.69) is 0 Å². The van der Waals surface area contributed by atoms with Gasteiger partial charge in [-0.3, -0.25) is 0 Å². The third-order valence-corrected chi connectivity index (χ3v) is 4.30. The average molecular weight is 275 g/mol. The van der Waals surface area contributed by atoms with Crippen molar-refractivity contribution in [3.63, 3.8) is 0 Å². The molecule has 0 aliphatic heterocycles. The molecule has 1 N–H and O–H groups in total. The third-order valence-electron chi connectivity index (χ3n) is 0.123. The molecule has 0 aliphatic carbocycles. The molecule has 0 spiro atoms. The maximum absolute atomic E-state index is 9.46. The van der Waals surface area contributed by atoms with E-state index in [0.717, 1.165) is 20.5 Å². The van der Waals surface area contributed by atoms with Gasteiger partial charge in [-0.05, 0) is 0 Å². The molecule has 5 heteroatoms. The van der Waals surface area contributed by atoms with Crippen molar-refractivity contribution in [2.45, 2.75) is 0 Å². The van der Waals surface area contributed by atoms with Crippen molar-refractivity contribution in [2.75, 3.05) is 0 Å². The predicted molar refractivity (Wildman–Crippen MR) is 33.7 cm³/mol. The van der Waals surface area contributed by atoms with Gasteiger partial charge in [0.2, 0.25) is 0 Å². The summed E-state index contributed by atoms with van der Waals surface area (Å²) in [4.78, 5) is 9.46. The first-order valence-electron chi connectivity index (χ1n) is 0.966. The quantitative estimate of drug-likeness (QED) is 0.536. The van der Waals surface area contributed by atoms with E-state index in [-0.39, 0.29) is 17.4 Å². The van der Waals surface area contributed by atoms with Gasteiger partial charge < -0.3 is 0 Å². The molecule has 0 heterocycles. The molecule has 0 aromatic carbocycles. The van der Waals surface area contributed by atoms with Gasteiger partial charge in [0.1, 0.15) is 0 Å². The molecule has 1 atom stereocenters. The molecule has 0 radical (unpaired) electrons. The number of carbonyl (C=O) groups is 1. The van der Waals surface area contributed by atoms with Crippen LogP contribution in [0.4, 0.5) is 4.79 Å². The van der Waals surface area contributed by atoms with E-state index < -0.39 is 17.1 Å². The van der Waals surface area contributed by atoms with Crippen LogP contribution in [-0.4, -0.2) is 60.1 Å². The molecule has 0 aliphatic rings. The summed E-state index contributed by atoms with van der Waals surface area (Å²) in [6.07, 6.45) is 0. The van der Waals surface area contributed by atoms with E-state index in [4.69, 9.17) is 5.11 Å². The van der Waals surface area contributed by atoms with E-state index in [1.54, 1.807) is 0 Å². The Morgan fingerprint density at radius 2 is 2.00 bits per heavy atom. The van der Waals surface area contributed by atoms with E-state index in [1.807, 2.05) is 0 Å². The van der Waals surface area contributed by atoms with E-state index in [0.29, 0.717) is 0 Å². The fraction of sp³-hybridized carbons (Fsp3) is 0. The van der Waals surface area contributed by atoms with E-state index in [9.17, 15) is 4.79 Å². The van der Waals surface area contributed by atoms with Crippen LogP contribution in [0.5, 0.6) is 0 Å². The van der Waals surface area contributed by atoms with Crippen molar-refractivity contribution in [1.29, 1.82) is 0 Å². The second-order valence-corrected chi connectivity index (χ2v) is 6.23. The topological polar surface area (TPSA) is 37.3 Å². The molecule has 36 valence electrons. The molecule has 1 unspecified atom stereocenters. The minimum atomic E-state index is -0.563. The average Bonchev–Trinajstić information content (AvgIpc) is 1.38. The van der Waals surface area contributed by atoms with Gasteiger partial charge in [-0.15, -0.1) is 0 Å². The zero-order valence-electron chi connectivity index (χ0n) is 2.43. The van der Waals surface area contributed by atoms with Crippen molar-refractivity contribution in [2.24, 2.45) is 0 Å². The second-order valence-electron chi connectivity index (χ2n) is 0.449. The van der Waals surface area contributed by atoms with Gasteiger partial charge in [-0.2, -0.15) is 0 Å². The fourth-order valence-corrected chi connectivity index (χ4v) is 0. The first-order chi connectivity index (χ1) is 2.27. The van der Waals surface area contributed by atoms with Gasteiger partial charge in [0.15, 0.2) is 17.4 Å². The molecule has 0 aromatic heterocycles. The Hall–Kier alpha value is 1.38. The van der Waals surface area contributed by atoms with Crippen LogP contribution in [0.3, 0.4) is 0 Å². The first kappa shape index (κ1) is 10.4. The van der Waals surface area contributed by atoms with E-state index in [1.165, 1.54) is 0 Å². The second kappa shape index (κ2) is 6.38. The first-order valence-corrected chi connectivity index (χ1v) is 11.8. The van der Waals surface area contributed by atoms with Gasteiger partial charge in [0.25, 0.3) is 0 Å². The van der Waals surface area contributed by atoms with Gasteiger partial charge in [-0.1, -0.05) is 0 Å². The number of rotatable bonds is 1. The minimum Gasteiger partial charge on any atom is 0.187 e. The maximum Gasteiger partial charge on any atom is 0.187 e. The molecule has 0 fully saturated rings. The number of hydrogen-bond donors (Lipinski definition) is 1. The Kier molecular flexibility index (Phi) is 11.0. The van der Waals surface area contributed by atoms with Crippen LogP contribution in [-0.2, 0) is 0 Å². The van der Waals surface area contributed by atoms with Gasteiger partial charge in [0, 0.05) is 0 Å². The summed E-state index contributed by atoms with van der Waals surface area (Å²) in [7, 11) is 0. The molecule has 6 heavy (non-hydrogen) atoms. The number of hydrogen-bond acceptors (Lipinski definition) is 1. The molecule has 0 saturated heterocycles. The maximum atomic E-state index is 9.46. The van der Waals surface area contributed by atoms with Crippen LogP contribution < -0.4 is 0 Å². The van der Waals surface area contributed by atoms with Crippen molar-refractivity contribution in [1.82, 2.24) is 0 Å². The monoisotopic (exact) mass is 274 g/mol. The summed E-state index contributed by atoms with van der Waals surface area (Å²) in [5.74, 6) is 0. The van der Waals surface area contributed by atoms with Crippen LogP contribution in [0.15, 0.2) is 0 Å². The zero-order valence-corrected chi connectivity index (χ0v) is 7.83. The van der Waals surface area contributed by atoms with Crippen LogP contribution >= 0.6 is 0 Å². The molecular formula is CH7AlAsO2Sb. The summed E-state index contributed by atoms with van der Waals surface area (Å²) < 4.78 is -0.563. The third kappa shape index (κ3) is 9.03. The summed E-state index contributed by atoms with van der Waals surface area (Å²) >= 11 is 0.443. The standard InChI is InChI=1S/CH2AsO2.Al.Sb.5H/c2-1(3)4;;;;;;;/h2H,(H,3,4);;;;;;;/q-1;;+1;;;;;. The molecule has 0 saturated carbocycles. The van der Waals surface area contributed by atoms with Crippen LogP contribution in [0.2, 0.25) is 0 Å². The van der Waals surface area contributed by atoms with E-state index >= 15 is 0 Å². The Bertz CT molecular complexity index is 48.8. The minimum absolute atomic E-state index is 0. The largest absolute Gasteiger partial charge is 0.187 e. The SMILES string of the molecule is O=C(O)[AsH][SbH2].[AlH3]. The van der Waals surface area contributed by atoms with Crippen LogP contribution in [0.25, 0.3) is 0 Å². The molecule has 0 rings (SSSR count). The van der Waals surface area contributed by atoms with Gasteiger partial charge in [0.05, 0.1) is 0 Å².